The molecule has 4 aromatic rings. The van der Waals surface area contributed by atoms with Gasteiger partial charge in [0, 0.05) is 28.0 Å². The molecule has 0 unspecified atom stereocenters. The summed E-state index contributed by atoms with van der Waals surface area (Å²) in [6, 6.07) is 28.7. The van der Waals surface area contributed by atoms with Gasteiger partial charge in [-0.15, -0.1) is 0 Å². The number of amides is 2. The van der Waals surface area contributed by atoms with E-state index >= 15 is 0 Å². The molecule has 0 radical (unpaired) electrons. The minimum atomic E-state index is -4.21. The average molecular weight is 711 g/mol. The van der Waals surface area contributed by atoms with E-state index in [0.29, 0.717) is 10.7 Å². The van der Waals surface area contributed by atoms with Crippen molar-refractivity contribution in [1.82, 2.24) is 10.2 Å². The maximum Gasteiger partial charge on any atom is 0.264 e. The Labute approximate surface area is 279 Å². The van der Waals surface area contributed by atoms with E-state index in [2.05, 4.69) is 21.2 Å². The van der Waals surface area contributed by atoms with Gasteiger partial charge in [0.05, 0.1) is 10.6 Å². The summed E-state index contributed by atoms with van der Waals surface area (Å²) in [6.45, 7) is 7.08. The number of carbonyl (C=O) groups is 2. The molecule has 4 rings (SSSR count). The number of hydrogen-bond acceptors (Lipinski definition) is 4. The zero-order valence-corrected chi connectivity index (χ0v) is 28.9. The van der Waals surface area contributed by atoms with E-state index in [-0.39, 0.29) is 23.8 Å². The van der Waals surface area contributed by atoms with E-state index in [9.17, 15) is 18.0 Å². The van der Waals surface area contributed by atoms with Crippen LogP contribution in [0.5, 0.6) is 0 Å². The lowest BCUT2D eigenvalue weighted by Gasteiger charge is -2.35. The van der Waals surface area contributed by atoms with Crippen molar-refractivity contribution in [1.29, 1.82) is 0 Å². The Morgan fingerprint density at radius 2 is 1.49 bits per heavy atom. The number of aryl methyl sites for hydroxylation is 1. The molecule has 0 aliphatic heterocycles. The summed E-state index contributed by atoms with van der Waals surface area (Å²) in [7, 11) is -4.21. The fraction of sp³-hybridized carbons (Fsp3) is 0.257. The van der Waals surface area contributed by atoms with E-state index in [0.717, 1.165) is 25.5 Å². The number of halogens is 2. The van der Waals surface area contributed by atoms with Gasteiger partial charge in [-0.2, -0.15) is 0 Å². The van der Waals surface area contributed by atoms with Gasteiger partial charge in [0.2, 0.25) is 11.8 Å². The first-order valence-corrected chi connectivity index (χ1v) is 17.1. The van der Waals surface area contributed by atoms with Crippen LogP contribution in [0.15, 0.2) is 112 Å². The van der Waals surface area contributed by atoms with E-state index in [1.807, 2.05) is 82.3 Å². The molecule has 0 spiro atoms. The monoisotopic (exact) mass is 709 g/mol. The van der Waals surface area contributed by atoms with Crippen LogP contribution in [0.1, 0.15) is 37.5 Å². The lowest BCUT2D eigenvalue weighted by atomic mass is 10.0. The highest BCUT2D eigenvalue weighted by atomic mass is 79.9. The maximum atomic E-state index is 14.5. The second-order valence-electron chi connectivity index (χ2n) is 11.9. The first-order chi connectivity index (χ1) is 21.2. The predicted molar refractivity (Wildman–Crippen MR) is 184 cm³/mol. The van der Waals surface area contributed by atoms with E-state index in [1.54, 1.807) is 24.3 Å². The Bertz CT molecular complexity index is 1730. The van der Waals surface area contributed by atoms with Crippen LogP contribution in [-0.2, 0) is 32.6 Å². The molecule has 0 saturated heterocycles. The molecule has 236 valence electrons. The molecule has 0 saturated carbocycles. The van der Waals surface area contributed by atoms with Crippen molar-refractivity contribution in [2.45, 2.75) is 57.1 Å². The van der Waals surface area contributed by atoms with Crippen LogP contribution in [-0.4, -0.2) is 43.3 Å². The summed E-state index contributed by atoms with van der Waals surface area (Å²) in [5.74, 6) is -0.866. The third-order valence-corrected chi connectivity index (χ3v) is 9.55. The van der Waals surface area contributed by atoms with Crippen molar-refractivity contribution in [3.63, 3.8) is 0 Å². The van der Waals surface area contributed by atoms with Gasteiger partial charge in [0.1, 0.15) is 12.6 Å². The number of benzene rings is 4. The van der Waals surface area contributed by atoms with Crippen LogP contribution in [0.3, 0.4) is 0 Å². The van der Waals surface area contributed by atoms with Crippen LogP contribution >= 0.6 is 27.5 Å². The summed E-state index contributed by atoms with van der Waals surface area (Å²) in [5, 5.41) is 3.43. The summed E-state index contributed by atoms with van der Waals surface area (Å²) >= 11 is 9.56. The van der Waals surface area contributed by atoms with Gasteiger partial charge in [-0.1, -0.05) is 87.7 Å². The smallest absolute Gasteiger partial charge is 0.264 e. The molecule has 4 aromatic carbocycles. The summed E-state index contributed by atoms with van der Waals surface area (Å²) < 4.78 is 30.1. The molecule has 10 heteroatoms. The topological polar surface area (TPSA) is 86.8 Å². The molecule has 1 atom stereocenters. The zero-order chi connectivity index (χ0) is 32.8. The second kappa shape index (κ2) is 14.6. The minimum Gasteiger partial charge on any atom is -0.350 e. The Morgan fingerprint density at radius 1 is 0.867 bits per heavy atom. The Morgan fingerprint density at radius 3 is 2.09 bits per heavy atom. The SMILES string of the molecule is Cc1ccc(N(CC(=O)N(Cc2cccc(Br)c2)[C@@H](Cc2ccccc2)C(=O)NC(C)(C)C)S(=O)(=O)c2ccc(Cl)cc2)cc1. The lowest BCUT2D eigenvalue weighted by Crippen LogP contribution is -2.56. The maximum absolute atomic E-state index is 14.5. The van der Waals surface area contributed by atoms with Crippen molar-refractivity contribution in [2.24, 2.45) is 0 Å². The highest BCUT2D eigenvalue weighted by Gasteiger charge is 2.35. The number of hydrogen-bond donors (Lipinski definition) is 1. The number of rotatable bonds is 11. The van der Waals surface area contributed by atoms with Crippen LogP contribution in [0.25, 0.3) is 0 Å². The fourth-order valence-electron chi connectivity index (χ4n) is 4.81. The third kappa shape index (κ3) is 9.42. The van der Waals surface area contributed by atoms with Gasteiger partial charge >= 0.3 is 0 Å². The lowest BCUT2D eigenvalue weighted by molar-refractivity contribution is -0.140. The molecule has 1 N–H and O–H groups in total. The van der Waals surface area contributed by atoms with Crippen LogP contribution in [0.4, 0.5) is 5.69 Å². The quantitative estimate of drug-likeness (QED) is 0.179. The third-order valence-electron chi connectivity index (χ3n) is 7.01. The van der Waals surface area contributed by atoms with Gasteiger partial charge in [-0.25, -0.2) is 8.42 Å². The van der Waals surface area contributed by atoms with E-state index in [1.165, 1.54) is 29.2 Å². The normalized spacial score (nSPS) is 12.3. The highest BCUT2D eigenvalue weighted by molar-refractivity contribution is 9.10. The molecule has 0 heterocycles. The standard InChI is InChI=1S/C35H37BrClN3O4S/c1-25-13-17-30(18-14-25)40(45(43,44)31-19-15-29(37)16-20-31)24-33(41)39(23-27-11-8-12-28(36)21-27)32(34(42)38-35(2,3)4)22-26-9-6-5-7-10-26/h5-21,32H,22-24H2,1-4H3,(H,38,42)/t32-/m0/s1. The largest absolute Gasteiger partial charge is 0.350 e. The Hall–Kier alpha value is -3.66. The number of nitrogens with zero attached hydrogens (tertiary/aromatic N) is 2. The van der Waals surface area contributed by atoms with Crippen molar-refractivity contribution >= 4 is 55.1 Å². The molecule has 7 nitrogen and oxygen atoms in total. The molecule has 0 fully saturated rings. The van der Waals surface area contributed by atoms with Crippen LogP contribution < -0.4 is 9.62 Å². The molecular weight excluding hydrogens is 674 g/mol. The summed E-state index contributed by atoms with van der Waals surface area (Å²) in [4.78, 5) is 29.9. The molecule has 0 aromatic heterocycles. The van der Waals surface area contributed by atoms with E-state index < -0.39 is 34.1 Å². The molecule has 0 aliphatic rings. The molecule has 2 amide bonds. The predicted octanol–water partition coefficient (Wildman–Crippen LogP) is 7.16. The van der Waals surface area contributed by atoms with Crippen molar-refractivity contribution in [2.75, 3.05) is 10.8 Å². The second-order valence-corrected chi connectivity index (χ2v) is 15.1. The van der Waals surface area contributed by atoms with Crippen LogP contribution in [0, 0.1) is 6.92 Å². The first kappa shape index (κ1) is 34.2. The average Bonchev–Trinajstić information content (AvgIpc) is 2.98. The van der Waals surface area contributed by atoms with Gasteiger partial charge in [0.15, 0.2) is 0 Å². The van der Waals surface area contributed by atoms with Crippen LogP contribution in [0.2, 0.25) is 5.02 Å². The molecule has 0 aliphatic carbocycles. The van der Waals surface area contributed by atoms with Crippen molar-refractivity contribution < 1.29 is 18.0 Å². The Kier molecular flexibility index (Phi) is 11.1. The zero-order valence-electron chi connectivity index (χ0n) is 25.7. The van der Waals surface area contributed by atoms with Crippen molar-refractivity contribution in [3.8, 4) is 0 Å². The highest BCUT2D eigenvalue weighted by Crippen LogP contribution is 2.27. The number of nitrogens with one attached hydrogen (secondary N) is 1. The molecule has 45 heavy (non-hydrogen) atoms. The number of anilines is 1. The van der Waals surface area contributed by atoms with Gasteiger partial charge in [0.25, 0.3) is 10.0 Å². The summed E-state index contributed by atoms with van der Waals surface area (Å²) in [6.07, 6.45) is 0.233. The van der Waals surface area contributed by atoms with Gasteiger partial charge in [-0.3, -0.25) is 13.9 Å². The fourth-order valence-corrected chi connectivity index (χ4v) is 6.80. The summed E-state index contributed by atoms with van der Waals surface area (Å²) in [5.41, 5.74) is 2.34. The Balaban J connectivity index is 1.81. The van der Waals surface area contributed by atoms with Crippen molar-refractivity contribution in [3.05, 3.63) is 129 Å². The first-order valence-electron chi connectivity index (χ1n) is 14.5. The molecular formula is C35H37BrClN3O4S. The molecule has 0 bridgehead atoms. The minimum absolute atomic E-state index is 0.00914. The van der Waals surface area contributed by atoms with Gasteiger partial charge < -0.3 is 10.2 Å². The van der Waals surface area contributed by atoms with Gasteiger partial charge in [-0.05, 0) is 87.4 Å². The number of sulfonamides is 1. The van der Waals surface area contributed by atoms with E-state index in [4.69, 9.17) is 11.6 Å². The number of carbonyl (C=O) groups excluding carboxylic acids is 2.